The largest absolute Gasteiger partial charge is 0.508 e. The van der Waals surface area contributed by atoms with Gasteiger partial charge >= 0.3 is 30.3 Å². The summed E-state index contributed by atoms with van der Waals surface area (Å²) < 4.78 is 74.6. The third kappa shape index (κ3) is 12.2. The predicted octanol–water partition coefficient (Wildman–Crippen LogP) is 9.61. The Kier molecular flexibility index (Phi) is 13.9. The van der Waals surface area contributed by atoms with Crippen LogP contribution in [0.2, 0.25) is 10.0 Å². The van der Waals surface area contributed by atoms with Gasteiger partial charge in [-0.3, -0.25) is 0 Å². The Bertz CT molecular complexity index is 2470. The molecule has 308 valence electrons. The Labute approximate surface area is 334 Å². The molecule has 0 radical (unpaired) electrons. The van der Waals surface area contributed by atoms with Crippen molar-refractivity contribution in [3.63, 3.8) is 0 Å². The van der Waals surface area contributed by atoms with Crippen molar-refractivity contribution in [2.75, 3.05) is 30.3 Å². The molecule has 2 heterocycles. The van der Waals surface area contributed by atoms with E-state index >= 15 is 0 Å². The van der Waals surface area contributed by atoms with E-state index in [4.69, 9.17) is 62.4 Å². The summed E-state index contributed by atoms with van der Waals surface area (Å²) >= 11 is 12.6. The van der Waals surface area contributed by atoms with Gasteiger partial charge in [-0.15, -0.1) is 0 Å². The van der Waals surface area contributed by atoms with E-state index in [0.29, 0.717) is 28.9 Å². The molecular formula is C38H32Cl2F6N4O8. The highest BCUT2D eigenvalue weighted by atomic mass is 35.5. The van der Waals surface area contributed by atoms with Crippen molar-refractivity contribution in [3.8, 4) is 11.5 Å². The number of hydrogen-bond acceptors (Lipinski definition) is 10. The zero-order chi connectivity index (χ0) is 43.2. The number of benzene rings is 4. The predicted molar refractivity (Wildman–Crippen MR) is 206 cm³/mol. The number of phenolic OH excluding ortho intramolecular Hbond substituents is 1. The number of carboxylic acids is 2. The number of nitrogens with one attached hydrogen (secondary N) is 2. The number of anilines is 2. The molecule has 0 bridgehead atoms. The quantitative estimate of drug-likeness (QED) is 0.0424. The molecule has 6 rings (SSSR count). The second-order valence-corrected chi connectivity index (χ2v) is 13.9. The SMILES string of the molecule is CC(C)(C)OC(=O)COc1ccc2nc3cc(Cl)ccc3c(NCCNc3c4ccc(Cl)cc4nc4ccc(O)cc34)c2c1.O=C(O)C(F)(F)F.O=C(O)C(F)(F)F. The normalized spacial score (nSPS) is 11.6. The van der Waals surface area contributed by atoms with E-state index in [-0.39, 0.29) is 12.4 Å². The maximum Gasteiger partial charge on any atom is 0.490 e. The second kappa shape index (κ2) is 18.1. The number of carboxylic acid groups (broad SMARTS) is 2. The third-order valence-corrected chi connectivity index (χ3v) is 7.89. The van der Waals surface area contributed by atoms with Crippen LogP contribution >= 0.6 is 23.2 Å². The van der Waals surface area contributed by atoms with Gasteiger partial charge in [0, 0.05) is 44.7 Å². The molecule has 0 saturated heterocycles. The minimum atomic E-state index is -5.08. The number of hydrogen-bond donors (Lipinski definition) is 5. The number of esters is 1. The Balaban J connectivity index is 0.000000456. The molecule has 0 fully saturated rings. The van der Waals surface area contributed by atoms with Crippen molar-refractivity contribution in [1.29, 1.82) is 0 Å². The maximum absolute atomic E-state index is 12.2. The zero-order valence-corrected chi connectivity index (χ0v) is 31.9. The third-order valence-electron chi connectivity index (χ3n) is 7.42. The first kappa shape index (κ1) is 44.7. The van der Waals surface area contributed by atoms with Crippen LogP contribution in [0.1, 0.15) is 20.8 Å². The molecule has 6 aromatic rings. The lowest BCUT2D eigenvalue weighted by atomic mass is 10.1. The van der Waals surface area contributed by atoms with Gasteiger partial charge in [-0.2, -0.15) is 26.3 Å². The van der Waals surface area contributed by atoms with E-state index in [9.17, 15) is 36.2 Å². The minimum Gasteiger partial charge on any atom is -0.508 e. The van der Waals surface area contributed by atoms with Gasteiger partial charge in [-0.1, -0.05) is 23.2 Å². The van der Waals surface area contributed by atoms with E-state index < -0.39 is 35.9 Å². The first-order valence-corrected chi connectivity index (χ1v) is 17.4. The molecule has 2 aromatic heterocycles. The molecule has 12 nitrogen and oxygen atoms in total. The number of aliphatic carboxylic acids is 2. The van der Waals surface area contributed by atoms with Crippen LogP contribution in [0.3, 0.4) is 0 Å². The monoisotopic (exact) mass is 856 g/mol. The lowest BCUT2D eigenvalue weighted by Gasteiger charge is -2.19. The van der Waals surface area contributed by atoms with Gasteiger partial charge in [0.05, 0.1) is 33.4 Å². The molecule has 0 aliphatic heterocycles. The second-order valence-electron chi connectivity index (χ2n) is 13.0. The number of carbonyl (C=O) groups excluding carboxylic acids is 1. The average Bonchev–Trinajstić information content (AvgIpc) is 3.10. The van der Waals surface area contributed by atoms with Crippen molar-refractivity contribution in [2.24, 2.45) is 0 Å². The number of fused-ring (bicyclic) bond motifs is 4. The van der Waals surface area contributed by atoms with Crippen LogP contribution in [0.25, 0.3) is 43.6 Å². The number of nitrogens with zero attached hydrogens (tertiary/aromatic N) is 2. The summed E-state index contributed by atoms with van der Waals surface area (Å²) in [5.74, 6) is -5.28. The number of halogens is 8. The number of phenols is 1. The molecule has 0 saturated carbocycles. The number of aromatic nitrogens is 2. The summed E-state index contributed by atoms with van der Waals surface area (Å²) in [6, 6.07) is 21.8. The van der Waals surface area contributed by atoms with E-state index in [1.54, 1.807) is 24.3 Å². The number of ether oxygens (including phenoxy) is 2. The summed E-state index contributed by atoms with van der Waals surface area (Å²) in [7, 11) is 0. The van der Waals surface area contributed by atoms with E-state index in [2.05, 4.69) is 10.6 Å². The van der Waals surface area contributed by atoms with Crippen LogP contribution in [-0.4, -0.2) is 80.8 Å². The van der Waals surface area contributed by atoms with E-state index in [1.165, 1.54) is 0 Å². The lowest BCUT2D eigenvalue weighted by molar-refractivity contribution is -0.193. The van der Waals surface area contributed by atoms with Crippen molar-refractivity contribution >= 4 is 96.1 Å². The van der Waals surface area contributed by atoms with Crippen LogP contribution in [0, 0.1) is 0 Å². The number of pyridine rings is 2. The lowest BCUT2D eigenvalue weighted by Crippen LogP contribution is -2.27. The highest BCUT2D eigenvalue weighted by molar-refractivity contribution is 6.32. The molecule has 0 unspecified atom stereocenters. The Morgan fingerprint density at radius 3 is 1.50 bits per heavy atom. The fraction of sp³-hybridized carbons (Fsp3) is 0.237. The number of rotatable bonds is 8. The molecule has 0 spiro atoms. The van der Waals surface area contributed by atoms with Crippen LogP contribution < -0.4 is 15.4 Å². The summed E-state index contributed by atoms with van der Waals surface area (Å²) in [4.78, 5) is 39.6. The molecule has 0 aliphatic carbocycles. The average molecular weight is 858 g/mol. The van der Waals surface area contributed by atoms with Crippen LogP contribution in [-0.2, 0) is 19.1 Å². The topological polar surface area (TPSA) is 180 Å². The van der Waals surface area contributed by atoms with Crippen molar-refractivity contribution < 1.29 is 65.5 Å². The Morgan fingerprint density at radius 2 is 1.07 bits per heavy atom. The maximum atomic E-state index is 12.2. The van der Waals surface area contributed by atoms with Crippen molar-refractivity contribution in [3.05, 3.63) is 82.8 Å². The van der Waals surface area contributed by atoms with Crippen molar-refractivity contribution in [1.82, 2.24) is 9.97 Å². The summed E-state index contributed by atoms with van der Waals surface area (Å²) in [5, 5.41) is 36.2. The van der Waals surface area contributed by atoms with E-state index in [0.717, 1.165) is 55.0 Å². The molecule has 0 amide bonds. The molecule has 20 heteroatoms. The van der Waals surface area contributed by atoms with Gasteiger partial charge in [0.15, 0.2) is 6.61 Å². The molecule has 0 atom stereocenters. The fourth-order valence-corrected chi connectivity index (χ4v) is 5.49. The number of alkyl halides is 6. The highest BCUT2D eigenvalue weighted by Crippen LogP contribution is 2.36. The zero-order valence-electron chi connectivity index (χ0n) is 30.4. The Morgan fingerprint density at radius 1 is 0.638 bits per heavy atom. The van der Waals surface area contributed by atoms with Crippen molar-refractivity contribution in [2.45, 2.75) is 38.7 Å². The first-order valence-electron chi connectivity index (χ1n) is 16.6. The minimum absolute atomic E-state index is 0.159. The molecular weight excluding hydrogens is 825 g/mol. The molecule has 5 N–H and O–H groups in total. The smallest absolute Gasteiger partial charge is 0.490 e. The number of aromatic hydroxyl groups is 1. The molecule has 4 aromatic carbocycles. The van der Waals surface area contributed by atoms with Gasteiger partial charge in [-0.25, -0.2) is 24.4 Å². The Hall–Kier alpha value is -6.01. The standard InChI is InChI=1S/C34H30Cl2N4O4.2C2HF3O2/c1-34(2,3)44-31(42)18-43-22-7-11-28-26(17-22)33(24-9-5-20(36)15-30(24)40-28)38-13-12-37-32-23-8-4-19(35)14-29(23)39-27-10-6-21(41)16-25(27)32;2*3-2(4,5)1(6)7/h4-11,14-17,41H,12-13,18H2,1-3H3,(H,37,39)(H,38,40);2*(H,6,7). The fourth-order valence-electron chi connectivity index (χ4n) is 5.16. The van der Waals surface area contributed by atoms with Gasteiger partial charge in [-0.05, 0) is 93.6 Å². The molecule has 0 aliphatic rings. The van der Waals surface area contributed by atoms with E-state index in [1.807, 2.05) is 69.3 Å². The highest BCUT2D eigenvalue weighted by Gasteiger charge is 2.39. The van der Waals surface area contributed by atoms with Crippen LogP contribution in [0.4, 0.5) is 37.7 Å². The van der Waals surface area contributed by atoms with Gasteiger partial charge in [0.25, 0.3) is 0 Å². The molecule has 58 heavy (non-hydrogen) atoms. The van der Waals surface area contributed by atoms with Crippen LogP contribution in [0.5, 0.6) is 11.5 Å². The summed E-state index contributed by atoms with van der Waals surface area (Å²) in [6.07, 6.45) is -10.2. The van der Waals surface area contributed by atoms with Gasteiger partial charge in [0.2, 0.25) is 0 Å². The summed E-state index contributed by atoms with van der Waals surface area (Å²) in [5.41, 5.74) is 4.12. The van der Waals surface area contributed by atoms with Gasteiger partial charge in [0.1, 0.15) is 17.1 Å². The summed E-state index contributed by atoms with van der Waals surface area (Å²) in [6.45, 7) is 6.32. The van der Waals surface area contributed by atoms with Gasteiger partial charge < -0.3 is 35.4 Å². The number of carbonyl (C=O) groups is 3. The first-order chi connectivity index (χ1) is 26.9. The van der Waals surface area contributed by atoms with Crippen LogP contribution in [0.15, 0.2) is 72.8 Å².